The van der Waals surface area contributed by atoms with Gasteiger partial charge in [-0.3, -0.25) is 4.21 Å². The van der Waals surface area contributed by atoms with Crippen molar-refractivity contribution in [1.29, 1.82) is 0 Å². The molecule has 2 fully saturated rings. The molecule has 0 radical (unpaired) electrons. The molecule has 2 heterocycles. The molecule has 1 aromatic rings. The summed E-state index contributed by atoms with van der Waals surface area (Å²) >= 11 is 0. The van der Waals surface area contributed by atoms with Crippen LogP contribution in [0.1, 0.15) is 43.2 Å². The highest BCUT2D eigenvalue weighted by Crippen LogP contribution is 2.45. The van der Waals surface area contributed by atoms with Crippen molar-refractivity contribution in [3.8, 4) is 0 Å². The molecule has 2 atom stereocenters. The summed E-state index contributed by atoms with van der Waals surface area (Å²) in [4.78, 5) is 0. The first-order chi connectivity index (χ1) is 8.99. The van der Waals surface area contributed by atoms with Crippen molar-refractivity contribution in [2.75, 3.05) is 0 Å². The van der Waals surface area contributed by atoms with Gasteiger partial charge >= 0.3 is 0 Å². The fourth-order valence-corrected chi connectivity index (χ4v) is 5.87. The van der Waals surface area contributed by atoms with E-state index in [0.717, 1.165) is 30.4 Å². The molecule has 1 aromatic carbocycles. The normalized spacial score (nSPS) is 38.2. The molecule has 19 heavy (non-hydrogen) atoms. The molecule has 2 nitrogen and oxygen atoms in total. The number of aryl methyl sites for hydroxylation is 1. The Hall–Kier alpha value is -0.740. The van der Waals surface area contributed by atoms with E-state index in [4.69, 9.17) is 0 Å². The highest BCUT2D eigenvalue weighted by molar-refractivity contribution is 7.86. The quantitative estimate of drug-likeness (QED) is 0.860. The lowest BCUT2D eigenvalue weighted by Crippen LogP contribution is -2.47. The zero-order valence-electron chi connectivity index (χ0n) is 11.1. The van der Waals surface area contributed by atoms with E-state index < -0.39 is 16.4 Å². The Labute approximate surface area is 115 Å². The smallest absolute Gasteiger partial charge is 0.123 e. The maximum absolute atomic E-state index is 13.2. The number of halogens is 1. The van der Waals surface area contributed by atoms with Crippen molar-refractivity contribution in [2.45, 2.75) is 55.1 Å². The fourth-order valence-electron chi connectivity index (χ4n) is 3.65. The molecule has 4 heteroatoms. The van der Waals surface area contributed by atoms with Crippen LogP contribution in [-0.4, -0.2) is 19.8 Å². The molecule has 2 unspecified atom stereocenters. The van der Waals surface area contributed by atoms with Crippen molar-refractivity contribution in [2.24, 2.45) is 0 Å². The molecule has 3 rings (SSSR count). The maximum atomic E-state index is 13.2. The van der Waals surface area contributed by atoms with Gasteiger partial charge in [-0.25, -0.2) is 4.39 Å². The summed E-state index contributed by atoms with van der Waals surface area (Å²) in [5, 5.41) is 11.2. The second-order valence-corrected chi connectivity index (χ2v) is 7.89. The molecular formula is C15H19FO2S. The van der Waals surface area contributed by atoms with Crippen LogP contribution in [0.3, 0.4) is 0 Å². The maximum Gasteiger partial charge on any atom is 0.123 e. The van der Waals surface area contributed by atoms with Crippen molar-refractivity contribution in [3.05, 3.63) is 35.1 Å². The Morgan fingerprint density at radius 1 is 1.32 bits per heavy atom. The van der Waals surface area contributed by atoms with Crippen LogP contribution in [0.2, 0.25) is 0 Å². The van der Waals surface area contributed by atoms with Gasteiger partial charge in [0.1, 0.15) is 5.82 Å². The number of aliphatic hydroxyl groups is 1. The topological polar surface area (TPSA) is 37.3 Å². The van der Waals surface area contributed by atoms with Crippen LogP contribution in [0, 0.1) is 12.7 Å². The van der Waals surface area contributed by atoms with E-state index >= 15 is 0 Å². The van der Waals surface area contributed by atoms with Crippen LogP contribution < -0.4 is 0 Å². The van der Waals surface area contributed by atoms with Gasteiger partial charge < -0.3 is 5.11 Å². The monoisotopic (exact) mass is 282 g/mol. The average molecular weight is 282 g/mol. The Morgan fingerprint density at radius 2 is 1.95 bits per heavy atom. The van der Waals surface area contributed by atoms with E-state index in [1.165, 1.54) is 12.1 Å². The minimum Gasteiger partial charge on any atom is -0.385 e. The second-order valence-electron chi connectivity index (χ2n) is 5.90. The molecule has 2 saturated heterocycles. The van der Waals surface area contributed by atoms with Crippen molar-refractivity contribution in [1.82, 2.24) is 0 Å². The van der Waals surface area contributed by atoms with Crippen molar-refractivity contribution < 1.29 is 13.7 Å². The Balaban J connectivity index is 1.97. The molecule has 104 valence electrons. The van der Waals surface area contributed by atoms with E-state index in [-0.39, 0.29) is 16.3 Å². The fraction of sp³-hybridized carbons (Fsp3) is 0.600. The van der Waals surface area contributed by atoms with Gasteiger partial charge in [0.25, 0.3) is 0 Å². The Bertz CT molecular complexity index is 513. The molecule has 0 saturated carbocycles. The molecule has 0 amide bonds. The molecule has 2 aliphatic rings. The molecule has 0 aromatic heterocycles. The Kier molecular flexibility index (Phi) is 3.26. The number of rotatable bonds is 1. The van der Waals surface area contributed by atoms with Crippen molar-refractivity contribution in [3.63, 3.8) is 0 Å². The van der Waals surface area contributed by atoms with Gasteiger partial charge in [0, 0.05) is 21.3 Å². The van der Waals surface area contributed by atoms with Crippen molar-refractivity contribution >= 4 is 10.8 Å². The summed E-state index contributed by atoms with van der Waals surface area (Å²) in [7, 11) is -0.801. The molecule has 2 aliphatic heterocycles. The summed E-state index contributed by atoms with van der Waals surface area (Å²) in [6.07, 6.45) is 4.07. The highest BCUT2D eigenvalue weighted by atomic mass is 32.2. The number of hydrogen-bond donors (Lipinski definition) is 1. The van der Waals surface area contributed by atoms with Gasteiger partial charge in [-0.05, 0) is 55.9 Å². The highest BCUT2D eigenvalue weighted by Gasteiger charge is 2.46. The first-order valence-corrected chi connectivity index (χ1v) is 8.15. The van der Waals surface area contributed by atoms with Gasteiger partial charge in [-0.2, -0.15) is 0 Å². The lowest BCUT2D eigenvalue weighted by molar-refractivity contribution is 0.00593. The standard InChI is InChI=1S/C15H19FO2S/c1-10-7-11(16)5-6-14(10)15(17)8-12-3-2-4-13(9-15)19(12)18/h5-7,12-13,17H,2-4,8-9H2,1H3. The molecule has 1 N–H and O–H groups in total. The zero-order valence-corrected chi connectivity index (χ0v) is 11.9. The molecular weight excluding hydrogens is 263 g/mol. The summed E-state index contributed by atoms with van der Waals surface area (Å²) in [5.74, 6) is -0.274. The summed E-state index contributed by atoms with van der Waals surface area (Å²) in [6.45, 7) is 1.83. The van der Waals surface area contributed by atoms with Gasteiger partial charge in [0.2, 0.25) is 0 Å². The minimum atomic E-state index is -0.929. The van der Waals surface area contributed by atoms with Crippen LogP contribution in [-0.2, 0) is 16.4 Å². The van der Waals surface area contributed by atoms with E-state index in [1.807, 2.05) is 6.92 Å². The summed E-state index contributed by atoms with van der Waals surface area (Å²) < 4.78 is 25.4. The minimum absolute atomic E-state index is 0.0990. The average Bonchev–Trinajstić information content (AvgIpc) is 2.31. The summed E-state index contributed by atoms with van der Waals surface area (Å²) in [6, 6.07) is 4.56. The summed E-state index contributed by atoms with van der Waals surface area (Å²) in [5.41, 5.74) is 0.664. The van der Waals surface area contributed by atoms with Crippen LogP contribution in [0.15, 0.2) is 18.2 Å². The molecule has 2 bridgehead atoms. The Morgan fingerprint density at radius 3 is 2.53 bits per heavy atom. The largest absolute Gasteiger partial charge is 0.385 e. The number of hydrogen-bond acceptors (Lipinski definition) is 2. The predicted octanol–water partition coefficient (Wildman–Crippen LogP) is 2.79. The van der Waals surface area contributed by atoms with E-state index in [1.54, 1.807) is 6.07 Å². The van der Waals surface area contributed by atoms with Crippen LogP contribution in [0.25, 0.3) is 0 Å². The third-order valence-corrected chi connectivity index (χ3v) is 6.65. The van der Waals surface area contributed by atoms with E-state index in [0.29, 0.717) is 12.8 Å². The van der Waals surface area contributed by atoms with E-state index in [9.17, 15) is 13.7 Å². The number of benzene rings is 1. The van der Waals surface area contributed by atoms with Crippen LogP contribution >= 0.6 is 0 Å². The third-order valence-electron chi connectivity index (χ3n) is 4.53. The SMILES string of the molecule is Cc1cc(F)ccc1C1(O)CC2CCCC(C1)S2=O. The lowest BCUT2D eigenvalue weighted by Gasteiger charge is -2.44. The zero-order chi connectivity index (χ0) is 13.6. The van der Waals surface area contributed by atoms with Crippen LogP contribution in [0.4, 0.5) is 4.39 Å². The molecule has 0 aliphatic carbocycles. The van der Waals surface area contributed by atoms with Crippen LogP contribution in [0.5, 0.6) is 0 Å². The second kappa shape index (κ2) is 4.67. The van der Waals surface area contributed by atoms with Gasteiger partial charge in [-0.15, -0.1) is 0 Å². The first kappa shape index (κ1) is 13.3. The predicted molar refractivity (Wildman–Crippen MR) is 73.8 cm³/mol. The van der Waals surface area contributed by atoms with Gasteiger partial charge in [0.05, 0.1) is 5.60 Å². The lowest BCUT2D eigenvalue weighted by atomic mass is 9.79. The molecule has 0 spiro atoms. The van der Waals surface area contributed by atoms with E-state index in [2.05, 4.69) is 0 Å². The first-order valence-electron chi connectivity index (χ1n) is 6.88. The third kappa shape index (κ3) is 2.25. The van der Waals surface area contributed by atoms with Gasteiger partial charge in [0.15, 0.2) is 0 Å². The number of fused-ring (bicyclic) bond motifs is 2. The van der Waals surface area contributed by atoms with Gasteiger partial charge in [-0.1, -0.05) is 12.5 Å².